The van der Waals surface area contributed by atoms with Gasteiger partial charge >= 0.3 is 35.8 Å². The smallest absolute Gasteiger partial charge is 0.312 e. The predicted octanol–water partition coefficient (Wildman–Crippen LogP) is 33.0. The van der Waals surface area contributed by atoms with E-state index in [2.05, 4.69) is 138 Å². The van der Waals surface area contributed by atoms with Crippen molar-refractivity contribution >= 4 is 35.8 Å². The molecule has 0 aromatic heterocycles. The minimum Gasteiger partial charge on any atom is -0.463 e. The van der Waals surface area contributed by atoms with E-state index in [0.717, 1.165) is 174 Å². The average molecular weight is 2010 g/mol. The summed E-state index contributed by atoms with van der Waals surface area (Å²) < 4.78 is 58.1. The van der Waals surface area contributed by atoms with E-state index in [1.54, 1.807) is 0 Å². The zero-order valence-electron chi connectivity index (χ0n) is 98.9. The summed E-state index contributed by atoms with van der Waals surface area (Å²) in [6.45, 7) is 71.6. The SMILES string of the molecule is CC1CCCOC1C.CC1CCOC1C.CCC(C)(C)C(=O)OC1(CC)C2CC3CC(C2)CC1C3.CCC(C)(C)C(=O)OC1(CC)C2CC3CC(C2)CC1C3.CCC(C)(C)C(=O)OC1(CC)C2CC3CC(C2)CC1C3.CCC(C)(C)C(=O)OC1(CC)C2CC3CC(C2)CC1C3.CCC(C)(C)C(=O)OC1(CC)C2CC3CC(C2)CC1C3.CCC(C)OC(C)=O.CCC(C)OC1CCCCC1.CCC(C)OCC(C)C. The lowest BCUT2D eigenvalue weighted by molar-refractivity contribution is -0.218. The number of carbonyl (C=O) groups excluding carboxylic acids is 6. The van der Waals surface area contributed by atoms with Gasteiger partial charge in [-0.05, 0) is 516 Å². The maximum Gasteiger partial charge on any atom is 0.312 e. The summed E-state index contributed by atoms with van der Waals surface area (Å²) in [5, 5.41) is 0. The third kappa shape index (κ3) is 30.9. The molecule has 23 rings (SSSR count). The quantitative estimate of drug-likeness (QED) is 0.0506. The molecule has 23 aliphatic rings. The van der Waals surface area contributed by atoms with E-state index in [0.29, 0.717) is 95.6 Å². The molecule has 21 saturated carbocycles. The minimum absolute atomic E-state index is 0.0364. The van der Waals surface area contributed by atoms with E-state index in [4.69, 9.17) is 47.4 Å². The lowest BCUT2D eigenvalue weighted by Crippen LogP contribution is -2.60. The van der Waals surface area contributed by atoms with Crippen molar-refractivity contribution < 1.29 is 76.1 Å². The van der Waals surface area contributed by atoms with Crippen LogP contribution in [0.2, 0.25) is 0 Å². The van der Waals surface area contributed by atoms with Gasteiger partial charge in [-0.3, -0.25) is 28.8 Å². The molecular formula is C127H226O16. The van der Waals surface area contributed by atoms with Crippen LogP contribution in [0.3, 0.4) is 0 Å². The van der Waals surface area contributed by atoms with Crippen LogP contribution in [-0.4, -0.2) is 120 Å². The fourth-order valence-electron chi connectivity index (χ4n) is 30.6. The molecular weight excluding hydrogens is 1780 g/mol. The number of esters is 6. The molecule has 16 nitrogen and oxygen atoms in total. The van der Waals surface area contributed by atoms with Gasteiger partial charge in [0.1, 0.15) is 28.0 Å². The molecule has 0 amide bonds. The lowest BCUT2D eigenvalue weighted by Gasteiger charge is -2.60. The predicted molar refractivity (Wildman–Crippen MR) is 584 cm³/mol. The number of carbonyl (C=O) groups is 6. The van der Waals surface area contributed by atoms with Gasteiger partial charge in [0.2, 0.25) is 0 Å². The Bertz CT molecular complexity index is 3230. The van der Waals surface area contributed by atoms with Crippen LogP contribution < -0.4 is 0 Å². The first-order valence-corrected chi connectivity index (χ1v) is 61.2. The van der Waals surface area contributed by atoms with Crippen molar-refractivity contribution in [3.8, 4) is 0 Å². The third-order valence-corrected chi connectivity index (χ3v) is 42.5. The Morgan fingerprint density at radius 2 is 0.510 bits per heavy atom. The van der Waals surface area contributed by atoms with E-state index in [9.17, 15) is 28.8 Å². The molecule has 7 unspecified atom stereocenters. The Labute approximate surface area is 878 Å². The van der Waals surface area contributed by atoms with Crippen LogP contribution in [0.4, 0.5) is 0 Å². The minimum atomic E-state index is -0.336. The summed E-state index contributed by atoms with van der Waals surface area (Å²) in [6.07, 6.45) is 59.0. The average Bonchev–Trinajstić information content (AvgIpc) is 0.942. The van der Waals surface area contributed by atoms with Crippen molar-refractivity contribution in [2.75, 3.05) is 19.8 Å². The van der Waals surface area contributed by atoms with Gasteiger partial charge in [0.25, 0.3) is 0 Å². The molecule has 7 atom stereocenters. The Morgan fingerprint density at radius 1 is 0.287 bits per heavy atom. The highest BCUT2D eigenvalue weighted by Gasteiger charge is 2.65. The topological polar surface area (TPSA) is 195 Å². The maximum absolute atomic E-state index is 12.6. The third-order valence-electron chi connectivity index (χ3n) is 42.5. The molecule has 23 fully saturated rings. The van der Waals surface area contributed by atoms with E-state index < -0.39 is 0 Å². The lowest BCUT2D eigenvalue weighted by atomic mass is 9.49. The fraction of sp³-hybridized carbons (Fsp3) is 0.953. The summed E-state index contributed by atoms with van der Waals surface area (Å²) in [5.41, 5.74) is -2.32. The standard InChI is InChI=1S/5C18H30O2.C10H20O.C8H18O.C7H14O.C6H12O2.C6H12O/c5*1-5-17(3,4)16(19)20-18(6-2)14-8-12-7-13(10-14)11-15(18)9-12;1-3-9(2)11-10-7-5-4-6-8-10;1-5-8(4)9-6-7(2)3;1-6-4-3-5-8-7(6)2;1-4-5(2)8-6(3)7;1-5-3-4-7-6(5)2/h5*12-15H,5-11H2,1-4H3;9-10H,3-8H2,1-2H3;7-8H,5-6H2,1-4H3;6-7H,3-5H2,1-2H3;5H,4H2,1-3H3;5-6H,3-4H2,1-2H3. The molecule has 20 bridgehead atoms. The van der Waals surface area contributed by atoms with E-state index >= 15 is 0 Å². The highest BCUT2D eigenvalue weighted by atomic mass is 16.6. The number of rotatable bonds is 29. The zero-order valence-corrected chi connectivity index (χ0v) is 98.9. The van der Waals surface area contributed by atoms with Crippen molar-refractivity contribution in [1.29, 1.82) is 0 Å². The van der Waals surface area contributed by atoms with Crippen molar-refractivity contribution in [2.45, 2.75) is 588 Å². The summed E-state index contributed by atoms with van der Waals surface area (Å²) in [7, 11) is 0. The van der Waals surface area contributed by atoms with Gasteiger partial charge < -0.3 is 47.4 Å². The van der Waals surface area contributed by atoms with Crippen LogP contribution in [0.5, 0.6) is 0 Å². The summed E-state index contributed by atoms with van der Waals surface area (Å²) in [5.74, 6) is 17.9. The molecule has 2 aliphatic heterocycles. The highest BCUT2D eigenvalue weighted by molar-refractivity contribution is 5.78. The molecule has 16 heteroatoms. The molecule has 0 N–H and O–H groups in total. The first-order chi connectivity index (χ1) is 67.3. The monoisotopic (exact) mass is 2010 g/mol. The fourth-order valence-corrected chi connectivity index (χ4v) is 30.6. The van der Waals surface area contributed by atoms with Gasteiger partial charge in [0.15, 0.2) is 0 Å². The Kier molecular flexibility index (Phi) is 46.5. The summed E-state index contributed by atoms with van der Waals surface area (Å²) >= 11 is 0. The summed E-state index contributed by atoms with van der Waals surface area (Å²) in [4.78, 5) is 73.3. The van der Waals surface area contributed by atoms with E-state index in [1.807, 2.05) is 83.1 Å². The van der Waals surface area contributed by atoms with Gasteiger partial charge in [-0.25, -0.2) is 0 Å². The molecule has 0 spiro atoms. The second-order valence-electron chi connectivity index (χ2n) is 54.6. The number of hydrogen-bond donors (Lipinski definition) is 0. The summed E-state index contributed by atoms with van der Waals surface area (Å²) in [6, 6.07) is 0. The normalized spacial score (nSPS) is 37.6. The molecule has 2 saturated heterocycles. The molecule has 143 heavy (non-hydrogen) atoms. The second-order valence-corrected chi connectivity index (χ2v) is 54.6. The number of ether oxygens (including phenoxy) is 10. The van der Waals surface area contributed by atoms with Gasteiger partial charge in [-0.1, -0.05) is 137 Å². The molecule has 830 valence electrons. The first kappa shape index (κ1) is 123. The van der Waals surface area contributed by atoms with Crippen LogP contribution in [0.1, 0.15) is 524 Å². The van der Waals surface area contributed by atoms with Crippen LogP contribution >= 0.6 is 0 Å². The van der Waals surface area contributed by atoms with Crippen molar-refractivity contribution in [3.63, 3.8) is 0 Å². The Hall–Kier alpha value is -3.34. The van der Waals surface area contributed by atoms with Crippen molar-refractivity contribution in [1.82, 2.24) is 0 Å². The molecule has 2 heterocycles. The Morgan fingerprint density at radius 3 is 0.664 bits per heavy atom. The van der Waals surface area contributed by atoms with Gasteiger partial charge in [-0.15, -0.1) is 0 Å². The van der Waals surface area contributed by atoms with Crippen LogP contribution in [0.15, 0.2) is 0 Å². The Balaban J connectivity index is 0.000000181. The van der Waals surface area contributed by atoms with Crippen LogP contribution in [0.25, 0.3) is 0 Å². The van der Waals surface area contributed by atoms with Gasteiger partial charge in [0.05, 0.1) is 63.7 Å². The van der Waals surface area contributed by atoms with E-state index in [-0.39, 0.29) is 97.0 Å². The van der Waals surface area contributed by atoms with E-state index in [1.165, 1.54) is 219 Å². The molecule has 21 aliphatic carbocycles. The van der Waals surface area contributed by atoms with Crippen molar-refractivity contribution in [3.05, 3.63) is 0 Å². The van der Waals surface area contributed by atoms with Crippen molar-refractivity contribution in [2.24, 2.45) is 163 Å². The van der Waals surface area contributed by atoms with Gasteiger partial charge in [0, 0.05) is 26.7 Å². The molecule has 0 aromatic carbocycles. The zero-order chi connectivity index (χ0) is 106. The highest BCUT2D eigenvalue weighted by Crippen LogP contribution is 2.67. The maximum atomic E-state index is 12.6. The largest absolute Gasteiger partial charge is 0.463 e. The molecule has 0 radical (unpaired) electrons. The second kappa shape index (κ2) is 54.0. The van der Waals surface area contributed by atoms with Gasteiger partial charge in [-0.2, -0.15) is 0 Å². The first-order valence-electron chi connectivity index (χ1n) is 61.2. The number of hydrogen-bond acceptors (Lipinski definition) is 16. The van der Waals surface area contributed by atoms with Crippen LogP contribution in [-0.2, 0) is 76.1 Å². The van der Waals surface area contributed by atoms with Crippen LogP contribution in [0, 0.1) is 163 Å². The molecule has 0 aromatic rings.